The molecule has 0 saturated carbocycles. The summed E-state index contributed by atoms with van der Waals surface area (Å²) >= 11 is 6.88. The van der Waals surface area contributed by atoms with Crippen LogP contribution in [-0.2, 0) is 0 Å². The molecule has 0 aliphatic rings. The van der Waals surface area contributed by atoms with Gasteiger partial charge in [0.2, 0.25) is 0 Å². The first-order chi connectivity index (χ1) is 15.1. The Hall–Kier alpha value is -3.09. The van der Waals surface area contributed by atoms with Crippen LogP contribution < -0.4 is 0 Å². The molecule has 0 aliphatic carbocycles. The first-order valence-electron chi connectivity index (χ1n) is 9.42. The van der Waals surface area contributed by atoms with Crippen LogP contribution in [0.15, 0.2) is 115 Å². The van der Waals surface area contributed by atoms with Gasteiger partial charge in [0.1, 0.15) is 11.5 Å². The minimum absolute atomic E-state index is 0.0806. The Kier molecular flexibility index (Phi) is 6.70. The average molecular weight is 536 g/mol. The summed E-state index contributed by atoms with van der Waals surface area (Å²) in [5.74, 6) is 0.515. The molecule has 3 aromatic carbocycles. The number of furan rings is 1. The van der Waals surface area contributed by atoms with E-state index in [1.165, 1.54) is 6.21 Å². The fourth-order valence-electron chi connectivity index (χ4n) is 3.03. The number of rotatable bonds is 6. The van der Waals surface area contributed by atoms with E-state index in [0.29, 0.717) is 28.2 Å². The molecular weight excluding hydrogens is 520 g/mol. The summed E-state index contributed by atoms with van der Waals surface area (Å²) in [6.45, 7) is 0. The van der Waals surface area contributed by atoms with E-state index < -0.39 is 0 Å². The molecule has 0 N–H and O–H groups in total. The molecule has 0 atom stereocenters. The van der Waals surface area contributed by atoms with E-state index in [9.17, 15) is 4.79 Å². The zero-order chi connectivity index (χ0) is 21.6. The number of hydrogen-bond donors (Lipinski definition) is 0. The molecule has 152 valence electrons. The molecule has 0 bridgehead atoms. The molecule has 4 rings (SSSR count). The first kappa shape index (κ1) is 21.2. The van der Waals surface area contributed by atoms with Crippen molar-refractivity contribution in [2.24, 2.45) is 10.2 Å². The lowest BCUT2D eigenvalue weighted by Gasteiger charge is -2.11. The Balaban J connectivity index is 1.80. The summed E-state index contributed by atoms with van der Waals surface area (Å²) < 4.78 is 7.16. The number of hydrogen-bond acceptors (Lipinski definition) is 4. The lowest BCUT2D eigenvalue weighted by atomic mass is 9.93. The molecule has 4 aromatic rings. The molecule has 31 heavy (non-hydrogen) atoms. The van der Waals surface area contributed by atoms with E-state index in [-0.39, 0.29) is 5.78 Å². The molecule has 6 heteroatoms. The number of carbonyl (C=O) groups excluding carboxylic acids is 1. The predicted octanol–water partition coefficient (Wildman–Crippen LogP) is 6.91. The highest BCUT2D eigenvalue weighted by atomic mass is 79.9. The van der Waals surface area contributed by atoms with Gasteiger partial charge in [0.15, 0.2) is 5.78 Å². The Morgan fingerprint density at radius 1 is 0.742 bits per heavy atom. The van der Waals surface area contributed by atoms with Crippen LogP contribution in [0.2, 0.25) is 0 Å². The first-order valence-corrected chi connectivity index (χ1v) is 11.0. The Morgan fingerprint density at radius 3 is 1.97 bits per heavy atom. The third kappa shape index (κ3) is 5.16. The number of carbonyl (C=O) groups is 1. The molecule has 1 heterocycles. The van der Waals surface area contributed by atoms with Gasteiger partial charge in [0.05, 0.1) is 12.5 Å². The van der Waals surface area contributed by atoms with Crippen molar-refractivity contribution in [3.63, 3.8) is 0 Å². The van der Waals surface area contributed by atoms with Crippen LogP contribution in [0.5, 0.6) is 0 Å². The van der Waals surface area contributed by atoms with Crippen LogP contribution in [0.4, 0.5) is 0 Å². The van der Waals surface area contributed by atoms with Crippen LogP contribution in [0.3, 0.4) is 0 Å². The van der Waals surface area contributed by atoms with Crippen molar-refractivity contribution in [2.45, 2.75) is 0 Å². The maximum atomic E-state index is 13.3. The molecule has 0 spiro atoms. The molecule has 4 nitrogen and oxygen atoms in total. The van der Waals surface area contributed by atoms with Gasteiger partial charge in [-0.05, 0) is 48.5 Å². The van der Waals surface area contributed by atoms with E-state index in [0.717, 1.165) is 14.5 Å². The lowest BCUT2D eigenvalue weighted by molar-refractivity contribution is 0.103. The standard InChI is InChI=1S/C25H16Br2N2O2/c26-19-11-7-17(8-12-19)24(29-28-16-21-4-3-15-31-21)22-5-1-2-6-23(22)25(30)18-9-13-20(27)14-10-18/h1-16H/b28-16-,29-24+. The molecule has 0 amide bonds. The Bertz CT molecular complexity index is 1240. The molecule has 0 aliphatic heterocycles. The quantitative estimate of drug-likeness (QED) is 0.153. The van der Waals surface area contributed by atoms with E-state index in [4.69, 9.17) is 4.42 Å². The van der Waals surface area contributed by atoms with Crippen LogP contribution in [0.1, 0.15) is 32.8 Å². The van der Waals surface area contributed by atoms with Crippen LogP contribution >= 0.6 is 31.9 Å². The third-order valence-corrected chi connectivity index (χ3v) is 5.59. The molecule has 0 unspecified atom stereocenters. The maximum Gasteiger partial charge on any atom is 0.193 e. The second kappa shape index (κ2) is 9.81. The zero-order valence-corrected chi connectivity index (χ0v) is 19.4. The summed E-state index contributed by atoms with van der Waals surface area (Å²) in [6, 6.07) is 26.1. The SMILES string of the molecule is O=C(c1ccc(Br)cc1)c1ccccc1/C(=N/N=C\c1ccco1)c1ccc(Br)cc1. The summed E-state index contributed by atoms with van der Waals surface area (Å²) in [5.41, 5.74) is 3.30. The molecular formula is C25H16Br2N2O2. The number of nitrogens with zero attached hydrogens (tertiary/aromatic N) is 2. The van der Waals surface area contributed by atoms with Crippen LogP contribution in [0.25, 0.3) is 0 Å². The van der Waals surface area contributed by atoms with Crippen molar-refractivity contribution in [3.05, 3.63) is 128 Å². The molecule has 0 fully saturated rings. The van der Waals surface area contributed by atoms with Crippen molar-refractivity contribution in [3.8, 4) is 0 Å². The fraction of sp³-hybridized carbons (Fsp3) is 0. The van der Waals surface area contributed by atoms with E-state index >= 15 is 0 Å². The van der Waals surface area contributed by atoms with Crippen molar-refractivity contribution in [1.82, 2.24) is 0 Å². The normalized spacial score (nSPS) is 11.7. The van der Waals surface area contributed by atoms with Crippen molar-refractivity contribution < 1.29 is 9.21 Å². The topological polar surface area (TPSA) is 54.9 Å². The predicted molar refractivity (Wildman–Crippen MR) is 130 cm³/mol. The largest absolute Gasteiger partial charge is 0.463 e. The van der Waals surface area contributed by atoms with Gasteiger partial charge in [-0.3, -0.25) is 4.79 Å². The summed E-state index contributed by atoms with van der Waals surface area (Å²) in [7, 11) is 0. The highest BCUT2D eigenvalue weighted by Gasteiger charge is 2.18. The van der Waals surface area contributed by atoms with Gasteiger partial charge < -0.3 is 4.42 Å². The number of ketones is 1. The van der Waals surface area contributed by atoms with Gasteiger partial charge in [-0.25, -0.2) is 0 Å². The second-order valence-electron chi connectivity index (χ2n) is 6.60. The van der Waals surface area contributed by atoms with Gasteiger partial charge in [0.25, 0.3) is 0 Å². The lowest BCUT2D eigenvalue weighted by Crippen LogP contribution is -2.12. The summed E-state index contributed by atoms with van der Waals surface area (Å²) in [6.07, 6.45) is 3.12. The fourth-order valence-corrected chi connectivity index (χ4v) is 3.56. The van der Waals surface area contributed by atoms with Gasteiger partial charge >= 0.3 is 0 Å². The number of benzene rings is 3. The van der Waals surface area contributed by atoms with Crippen molar-refractivity contribution in [2.75, 3.05) is 0 Å². The van der Waals surface area contributed by atoms with Crippen molar-refractivity contribution >= 4 is 49.6 Å². The van der Waals surface area contributed by atoms with Crippen LogP contribution in [0, 0.1) is 0 Å². The Labute approximate surface area is 196 Å². The smallest absolute Gasteiger partial charge is 0.193 e. The molecule has 0 radical (unpaired) electrons. The zero-order valence-electron chi connectivity index (χ0n) is 16.2. The maximum absolute atomic E-state index is 13.3. The van der Waals surface area contributed by atoms with Gasteiger partial charge in [-0.1, -0.05) is 68.3 Å². The Morgan fingerprint density at radius 2 is 1.35 bits per heavy atom. The third-order valence-electron chi connectivity index (χ3n) is 4.54. The highest BCUT2D eigenvalue weighted by molar-refractivity contribution is 9.10. The second-order valence-corrected chi connectivity index (χ2v) is 8.43. The molecule has 1 aromatic heterocycles. The summed E-state index contributed by atoms with van der Waals surface area (Å²) in [4.78, 5) is 13.3. The monoisotopic (exact) mass is 534 g/mol. The van der Waals surface area contributed by atoms with E-state index in [2.05, 4.69) is 42.1 Å². The van der Waals surface area contributed by atoms with Gasteiger partial charge in [-0.15, -0.1) is 5.10 Å². The number of halogens is 2. The van der Waals surface area contributed by atoms with E-state index in [1.807, 2.05) is 60.7 Å². The molecule has 0 saturated heterocycles. The summed E-state index contributed by atoms with van der Waals surface area (Å²) in [5, 5.41) is 8.68. The highest BCUT2D eigenvalue weighted by Crippen LogP contribution is 2.22. The average Bonchev–Trinajstić information content (AvgIpc) is 3.31. The van der Waals surface area contributed by atoms with Crippen LogP contribution in [-0.4, -0.2) is 17.7 Å². The van der Waals surface area contributed by atoms with E-state index in [1.54, 1.807) is 30.5 Å². The van der Waals surface area contributed by atoms with Crippen molar-refractivity contribution in [1.29, 1.82) is 0 Å². The van der Waals surface area contributed by atoms with Gasteiger partial charge in [-0.2, -0.15) is 5.10 Å². The minimum atomic E-state index is -0.0806. The minimum Gasteiger partial charge on any atom is -0.463 e. The van der Waals surface area contributed by atoms with Gasteiger partial charge in [0, 0.05) is 31.2 Å².